The number of hydrogen-bond acceptors (Lipinski definition) is 10. The number of likely N-dealkylation sites (tertiary alicyclic amines) is 3. The van der Waals surface area contributed by atoms with Crippen molar-refractivity contribution < 1.29 is 32.2 Å². The average Bonchev–Trinajstić information content (AvgIpc) is 3.74. The molecule has 0 bridgehead atoms. The Labute approximate surface area is 303 Å². The van der Waals surface area contributed by atoms with Crippen molar-refractivity contribution in [3.05, 3.63) is 70.9 Å². The number of pyridine rings is 1. The van der Waals surface area contributed by atoms with Crippen molar-refractivity contribution in [3.63, 3.8) is 0 Å². The molecule has 0 aliphatic carbocycles. The fourth-order valence-electron chi connectivity index (χ4n) is 7.88. The number of benzene rings is 2. The first-order valence-electron chi connectivity index (χ1n) is 17.4. The Kier molecular flexibility index (Phi) is 9.78. The first-order valence-corrected chi connectivity index (χ1v) is 19.2. The molecule has 3 fully saturated rings. The largest absolute Gasteiger partial charge is 0.497 e. The number of piperidine rings is 1. The van der Waals surface area contributed by atoms with Gasteiger partial charge in [0.05, 0.1) is 32.1 Å². The molecule has 272 valence electrons. The van der Waals surface area contributed by atoms with Crippen LogP contribution in [0.4, 0.5) is 10.5 Å². The predicted octanol–water partition coefficient (Wildman–Crippen LogP) is 4.08. The minimum absolute atomic E-state index is 0.0216. The van der Waals surface area contributed by atoms with Gasteiger partial charge in [-0.2, -0.15) is 4.31 Å². The fourth-order valence-corrected chi connectivity index (χ4v) is 9.66. The zero-order chi connectivity index (χ0) is 35.9. The fraction of sp³-hybridized carbons (Fsp3) is 0.472. The molecule has 4 aliphatic rings. The van der Waals surface area contributed by atoms with Gasteiger partial charge < -0.3 is 29.3 Å². The van der Waals surface area contributed by atoms with Crippen molar-refractivity contribution in [1.29, 1.82) is 0 Å². The zero-order valence-corrected chi connectivity index (χ0v) is 30.6. The van der Waals surface area contributed by atoms with Crippen LogP contribution in [0, 0.1) is 0 Å². The Bertz CT molecular complexity index is 1910. The number of aromatic nitrogens is 1. The molecule has 0 unspecified atom stereocenters. The van der Waals surface area contributed by atoms with E-state index in [-0.39, 0.29) is 51.0 Å². The summed E-state index contributed by atoms with van der Waals surface area (Å²) in [7, 11) is -1.86. The van der Waals surface area contributed by atoms with Crippen LogP contribution in [-0.2, 0) is 20.4 Å². The molecule has 1 N–H and O–H groups in total. The molecule has 0 spiro atoms. The first-order chi connectivity index (χ1) is 24.6. The minimum Gasteiger partial charge on any atom is -0.497 e. The van der Waals surface area contributed by atoms with Gasteiger partial charge in [-0.1, -0.05) is 11.6 Å². The highest BCUT2D eigenvalue weighted by Gasteiger charge is 2.59. The summed E-state index contributed by atoms with van der Waals surface area (Å²) in [4.78, 5) is 40.2. The van der Waals surface area contributed by atoms with E-state index in [4.69, 9.17) is 25.8 Å². The van der Waals surface area contributed by atoms with Gasteiger partial charge in [0.25, 0.3) is 15.9 Å². The Hall–Kier alpha value is -4.11. The highest BCUT2D eigenvalue weighted by Crippen LogP contribution is 2.50. The van der Waals surface area contributed by atoms with Crippen molar-refractivity contribution in [1.82, 2.24) is 25.0 Å². The van der Waals surface area contributed by atoms with E-state index in [2.05, 4.69) is 20.1 Å². The van der Waals surface area contributed by atoms with Gasteiger partial charge in [0.1, 0.15) is 16.4 Å². The van der Waals surface area contributed by atoms with Crippen molar-refractivity contribution in [2.75, 3.05) is 64.4 Å². The van der Waals surface area contributed by atoms with E-state index in [0.717, 1.165) is 25.9 Å². The van der Waals surface area contributed by atoms with E-state index in [0.29, 0.717) is 29.2 Å². The summed E-state index contributed by atoms with van der Waals surface area (Å²) in [5.41, 5.74) is -1.70. The molecule has 13 nitrogen and oxygen atoms in total. The van der Waals surface area contributed by atoms with Gasteiger partial charge in [0.2, 0.25) is 5.88 Å². The lowest BCUT2D eigenvalue weighted by Gasteiger charge is -2.49. The van der Waals surface area contributed by atoms with Crippen LogP contribution in [0.3, 0.4) is 0 Å². The summed E-state index contributed by atoms with van der Waals surface area (Å²) in [6.07, 6.45) is 6.28. The van der Waals surface area contributed by atoms with E-state index >= 15 is 4.79 Å². The summed E-state index contributed by atoms with van der Waals surface area (Å²) in [6, 6.07) is 12.2. The lowest BCUT2D eigenvalue weighted by atomic mass is 9.84. The number of nitrogens with one attached hydrogen (secondary N) is 1. The number of ether oxygens (including phenoxy) is 3. The molecule has 15 heteroatoms. The molecule has 1 aromatic heterocycles. The van der Waals surface area contributed by atoms with Crippen LogP contribution in [0.2, 0.25) is 5.02 Å². The maximum absolute atomic E-state index is 15.1. The van der Waals surface area contributed by atoms with Crippen molar-refractivity contribution in [2.45, 2.75) is 55.1 Å². The third kappa shape index (κ3) is 6.15. The summed E-state index contributed by atoms with van der Waals surface area (Å²) in [5, 5.41) is 3.23. The Morgan fingerprint density at radius 2 is 1.69 bits per heavy atom. The zero-order valence-electron chi connectivity index (χ0n) is 29.0. The van der Waals surface area contributed by atoms with Crippen LogP contribution in [-0.4, -0.2) is 112 Å². The van der Waals surface area contributed by atoms with Crippen molar-refractivity contribution >= 4 is 39.2 Å². The van der Waals surface area contributed by atoms with Crippen LogP contribution < -0.4 is 23.8 Å². The number of amides is 3. The first kappa shape index (κ1) is 35.3. The van der Waals surface area contributed by atoms with Gasteiger partial charge in [-0.3, -0.25) is 9.69 Å². The maximum Gasteiger partial charge on any atom is 0.318 e. The number of nitrogens with zero attached hydrogens (tertiary/aromatic N) is 5. The molecule has 51 heavy (non-hydrogen) atoms. The summed E-state index contributed by atoms with van der Waals surface area (Å²) >= 11 is 6.55. The van der Waals surface area contributed by atoms with Crippen LogP contribution in [0.5, 0.6) is 17.4 Å². The SMILES string of the molecule is CCOc1ncccc1[C@]1(NC(=O)N2CC(N3CCC(N4CCCC4)CC3)C2)C(=O)N(S(=O)(=O)c2ccc(OC)cc2OC)c2ccc(Cl)cc21. The van der Waals surface area contributed by atoms with Gasteiger partial charge in [-0.05, 0) is 88.2 Å². The number of rotatable bonds is 10. The Morgan fingerprint density at radius 1 is 0.961 bits per heavy atom. The van der Waals surface area contributed by atoms with Gasteiger partial charge in [-0.25, -0.2) is 18.2 Å². The second-order valence-electron chi connectivity index (χ2n) is 13.3. The van der Waals surface area contributed by atoms with Gasteiger partial charge >= 0.3 is 6.03 Å². The molecule has 4 aliphatic heterocycles. The number of halogens is 1. The molecule has 3 aromatic rings. The molecule has 3 amide bonds. The lowest BCUT2D eigenvalue weighted by Crippen LogP contribution is -2.67. The second-order valence-corrected chi connectivity index (χ2v) is 15.5. The standard InChI is InChI=1S/C36H43ClN6O7S/c1-4-50-33-28(8-7-15-38-33)36(39-35(45)42-22-26(23-42)41-18-13-25(14-19-41)40-16-5-6-17-40)29-20-24(37)9-11-30(29)43(34(36)44)51(46,47)32-12-10-27(48-2)21-31(32)49-3/h7-12,15,20-21,25-26H,4-6,13-14,16-19,22-23H2,1-3H3,(H,39,45)/t36-/m1/s1. The number of hydrogen-bond donors (Lipinski definition) is 1. The molecular weight excluding hydrogens is 696 g/mol. The molecule has 5 heterocycles. The van der Waals surface area contributed by atoms with E-state index in [1.807, 2.05) is 0 Å². The Morgan fingerprint density at radius 3 is 2.37 bits per heavy atom. The third-order valence-electron chi connectivity index (χ3n) is 10.5. The van der Waals surface area contributed by atoms with E-state index in [1.165, 1.54) is 82.7 Å². The number of carbonyl (C=O) groups is 2. The molecule has 3 saturated heterocycles. The smallest absolute Gasteiger partial charge is 0.318 e. The summed E-state index contributed by atoms with van der Waals surface area (Å²) < 4.78 is 46.5. The normalized spacial score (nSPS) is 21.8. The van der Waals surface area contributed by atoms with Crippen LogP contribution in [0.25, 0.3) is 0 Å². The van der Waals surface area contributed by atoms with Crippen LogP contribution in [0.15, 0.2) is 59.6 Å². The molecule has 0 saturated carbocycles. The molecular formula is C36H43ClN6O7S. The number of sulfonamides is 1. The van der Waals surface area contributed by atoms with E-state index in [9.17, 15) is 13.2 Å². The second kappa shape index (κ2) is 14.1. The maximum atomic E-state index is 15.1. The molecule has 2 aromatic carbocycles. The quantitative estimate of drug-likeness (QED) is 0.325. The van der Waals surface area contributed by atoms with Gasteiger partial charge in [0.15, 0.2) is 5.54 Å². The van der Waals surface area contributed by atoms with Crippen molar-refractivity contribution in [2.24, 2.45) is 0 Å². The molecule has 1 atom stereocenters. The van der Waals surface area contributed by atoms with E-state index in [1.54, 1.807) is 24.0 Å². The lowest BCUT2D eigenvalue weighted by molar-refractivity contribution is -0.121. The van der Waals surface area contributed by atoms with E-state index < -0.39 is 27.5 Å². The summed E-state index contributed by atoms with van der Waals surface area (Å²) in [5.74, 6) is -0.524. The number of methoxy groups -OCH3 is 2. The van der Waals surface area contributed by atoms with Crippen LogP contribution in [0.1, 0.15) is 43.7 Å². The van der Waals surface area contributed by atoms with Crippen LogP contribution >= 0.6 is 11.6 Å². The van der Waals surface area contributed by atoms with Gasteiger partial charge in [-0.15, -0.1) is 0 Å². The molecule has 0 radical (unpaired) electrons. The third-order valence-corrected chi connectivity index (χ3v) is 12.5. The highest BCUT2D eigenvalue weighted by atomic mass is 35.5. The monoisotopic (exact) mass is 738 g/mol. The number of urea groups is 1. The average molecular weight is 739 g/mol. The highest BCUT2D eigenvalue weighted by molar-refractivity contribution is 7.93. The Balaban J connectivity index is 1.23. The van der Waals surface area contributed by atoms with Crippen molar-refractivity contribution in [3.8, 4) is 17.4 Å². The number of carbonyl (C=O) groups excluding carboxylic acids is 2. The predicted molar refractivity (Wildman–Crippen MR) is 191 cm³/mol. The molecule has 7 rings (SSSR count). The minimum atomic E-state index is -4.64. The number of anilines is 1. The van der Waals surface area contributed by atoms with Gasteiger partial charge in [0, 0.05) is 61.1 Å². The summed E-state index contributed by atoms with van der Waals surface area (Å²) in [6.45, 7) is 7.25. The topological polar surface area (TPSA) is 134 Å². The number of fused-ring (bicyclic) bond motifs is 1.